The van der Waals surface area contributed by atoms with Crippen LogP contribution in [0.15, 0.2) is 12.2 Å². The van der Waals surface area contributed by atoms with E-state index < -0.39 is 0 Å². The molecule has 1 N–H and O–H groups in total. The maximum atomic E-state index is 5.44. The first-order valence-corrected chi connectivity index (χ1v) is 6.69. The van der Waals surface area contributed by atoms with Crippen molar-refractivity contribution in [3.8, 4) is 0 Å². The Balaban J connectivity index is 2.70. The molecule has 1 saturated heterocycles. The fourth-order valence-corrected chi connectivity index (χ4v) is 2.53. The summed E-state index contributed by atoms with van der Waals surface area (Å²) in [5, 5.41) is 3.61. The van der Waals surface area contributed by atoms with Gasteiger partial charge in [-0.3, -0.25) is 4.90 Å². The summed E-state index contributed by atoms with van der Waals surface area (Å²) in [5.74, 6) is 0. The van der Waals surface area contributed by atoms with Crippen molar-refractivity contribution in [2.24, 2.45) is 0 Å². The number of morpholine rings is 1. The summed E-state index contributed by atoms with van der Waals surface area (Å²) in [4.78, 5) is 2.53. The molecule has 0 radical (unpaired) electrons. The van der Waals surface area contributed by atoms with Crippen molar-refractivity contribution in [3.05, 3.63) is 12.2 Å². The van der Waals surface area contributed by atoms with Gasteiger partial charge in [-0.25, -0.2) is 0 Å². The Hall–Kier alpha value is -0.380. The standard InChI is InChI=1S/C14H28N2O/c1-6-15-13(11-12(2)3)14(4,5)16-7-9-17-10-8-16/h13,15H,2,6-11H2,1,3-5H3. The maximum absolute atomic E-state index is 5.44. The molecular weight excluding hydrogens is 212 g/mol. The molecule has 0 aromatic heterocycles. The van der Waals surface area contributed by atoms with Gasteiger partial charge in [-0.2, -0.15) is 0 Å². The predicted molar refractivity (Wildman–Crippen MR) is 73.4 cm³/mol. The van der Waals surface area contributed by atoms with Crippen LogP contribution in [0.1, 0.15) is 34.1 Å². The van der Waals surface area contributed by atoms with Gasteiger partial charge in [-0.15, -0.1) is 6.58 Å². The first kappa shape index (κ1) is 14.7. The Kier molecular flexibility index (Phi) is 5.63. The first-order valence-electron chi connectivity index (χ1n) is 6.69. The van der Waals surface area contributed by atoms with Gasteiger partial charge in [0.1, 0.15) is 0 Å². The van der Waals surface area contributed by atoms with Crippen LogP contribution in [0, 0.1) is 0 Å². The molecule has 1 rings (SSSR count). The Morgan fingerprint density at radius 3 is 2.47 bits per heavy atom. The molecule has 3 nitrogen and oxygen atoms in total. The van der Waals surface area contributed by atoms with Gasteiger partial charge in [0, 0.05) is 24.7 Å². The van der Waals surface area contributed by atoms with Crippen LogP contribution in [0.3, 0.4) is 0 Å². The van der Waals surface area contributed by atoms with Crippen LogP contribution in [0.2, 0.25) is 0 Å². The molecule has 0 aromatic rings. The van der Waals surface area contributed by atoms with E-state index >= 15 is 0 Å². The second-order valence-corrected chi connectivity index (χ2v) is 5.52. The molecule has 0 aliphatic carbocycles. The molecule has 0 bridgehead atoms. The van der Waals surface area contributed by atoms with Crippen molar-refractivity contribution < 1.29 is 4.74 Å². The van der Waals surface area contributed by atoms with Gasteiger partial charge in [0.25, 0.3) is 0 Å². The topological polar surface area (TPSA) is 24.5 Å². The Morgan fingerprint density at radius 2 is 2.00 bits per heavy atom. The van der Waals surface area contributed by atoms with Gasteiger partial charge < -0.3 is 10.1 Å². The summed E-state index contributed by atoms with van der Waals surface area (Å²) < 4.78 is 5.44. The van der Waals surface area contributed by atoms with Gasteiger partial charge in [-0.05, 0) is 33.7 Å². The summed E-state index contributed by atoms with van der Waals surface area (Å²) in [5.41, 5.74) is 1.40. The lowest BCUT2D eigenvalue weighted by atomic mass is 9.87. The van der Waals surface area contributed by atoms with E-state index in [1.807, 2.05) is 0 Å². The summed E-state index contributed by atoms with van der Waals surface area (Å²) in [6, 6.07) is 0.461. The lowest BCUT2D eigenvalue weighted by Gasteiger charge is -2.46. The van der Waals surface area contributed by atoms with Crippen LogP contribution in [-0.2, 0) is 4.74 Å². The Bertz CT molecular complexity index is 245. The highest BCUT2D eigenvalue weighted by molar-refractivity contribution is 5.02. The van der Waals surface area contributed by atoms with E-state index in [4.69, 9.17) is 4.74 Å². The number of likely N-dealkylation sites (N-methyl/N-ethyl adjacent to an activating group) is 1. The maximum Gasteiger partial charge on any atom is 0.0594 e. The normalized spacial score (nSPS) is 20.2. The number of ether oxygens (including phenoxy) is 1. The van der Waals surface area contributed by atoms with E-state index in [1.54, 1.807) is 0 Å². The third kappa shape index (κ3) is 4.09. The minimum atomic E-state index is 0.152. The molecule has 1 aliphatic heterocycles. The van der Waals surface area contributed by atoms with E-state index in [9.17, 15) is 0 Å². The summed E-state index contributed by atoms with van der Waals surface area (Å²) in [6.07, 6.45) is 1.04. The Morgan fingerprint density at radius 1 is 1.41 bits per heavy atom. The van der Waals surface area contributed by atoms with E-state index in [0.29, 0.717) is 6.04 Å². The van der Waals surface area contributed by atoms with Crippen LogP contribution < -0.4 is 5.32 Å². The second-order valence-electron chi connectivity index (χ2n) is 5.52. The van der Waals surface area contributed by atoms with E-state index in [1.165, 1.54) is 5.57 Å². The third-order valence-electron chi connectivity index (χ3n) is 3.68. The van der Waals surface area contributed by atoms with Crippen molar-refractivity contribution in [2.45, 2.75) is 45.7 Å². The molecule has 0 amide bonds. The highest BCUT2D eigenvalue weighted by atomic mass is 16.5. The zero-order valence-electron chi connectivity index (χ0n) is 11.9. The molecule has 1 atom stereocenters. The highest BCUT2D eigenvalue weighted by Crippen LogP contribution is 2.24. The molecule has 1 unspecified atom stereocenters. The zero-order chi connectivity index (χ0) is 12.9. The third-order valence-corrected chi connectivity index (χ3v) is 3.68. The zero-order valence-corrected chi connectivity index (χ0v) is 11.9. The molecule has 1 aliphatic rings. The van der Waals surface area contributed by atoms with Gasteiger partial charge in [0.15, 0.2) is 0 Å². The van der Waals surface area contributed by atoms with Crippen LogP contribution in [0.4, 0.5) is 0 Å². The minimum absolute atomic E-state index is 0.152. The number of rotatable bonds is 6. The SMILES string of the molecule is C=C(C)CC(NCC)C(C)(C)N1CCOCC1. The van der Waals surface area contributed by atoms with Crippen molar-refractivity contribution >= 4 is 0 Å². The van der Waals surface area contributed by atoms with Crippen molar-refractivity contribution in [1.82, 2.24) is 10.2 Å². The van der Waals surface area contributed by atoms with Gasteiger partial charge in [0.05, 0.1) is 13.2 Å². The van der Waals surface area contributed by atoms with Crippen molar-refractivity contribution in [3.63, 3.8) is 0 Å². The van der Waals surface area contributed by atoms with E-state index in [0.717, 1.165) is 39.3 Å². The Labute approximate surface area is 106 Å². The molecule has 3 heteroatoms. The smallest absolute Gasteiger partial charge is 0.0594 e. The molecule has 1 heterocycles. The first-order chi connectivity index (χ1) is 7.98. The van der Waals surface area contributed by atoms with Crippen LogP contribution in [0.5, 0.6) is 0 Å². The lowest BCUT2D eigenvalue weighted by Crippen LogP contribution is -2.60. The molecule has 0 spiro atoms. The number of hydrogen-bond acceptors (Lipinski definition) is 3. The summed E-state index contributed by atoms with van der Waals surface area (Å²) in [6.45, 7) is 17.8. The second kappa shape index (κ2) is 6.53. The number of nitrogens with one attached hydrogen (secondary N) is 1. The average Bonchev–Trinajstić information content (AvgIpc) is 2.29. The number of nitrogens with zero attached hydrogens (tertiary/aromatic N) is 1. The molecular formula is C14H28N2O. The van der Waals surface area contributed by atoms with Crippen LogP contribution in [0.25, 0.3) is 0 Å². The molecule has 0 saturated carbocycles. The summed E-state index contributed by atoms with van der Waals surface area (Å²) >= 11 is 0. The largest absolute Gasteiger partial charge is 0.379 e. The fraction of sp³-hybridized carbons (Fsp3) is 0.857. The fourth-order valence-electron chi connectivity index (χ4n) is 2.53. The van der Waals surface area contributed by atoms with E-state index in [-0.39, 0.29) is 5.54 Å². The molecule has 17 heavy (non-hydrogen) atoms. The predicted octanol–water partition coefficient (Wildman–Crippen LogP) is 2.04. The van der Waals surface area contributed by atoms with Crippen molar-refractivity contribution in [1.29, 1.82) is 0 Å². The van der Waals surface area contributed by atoms with Crippen molar-refractivity contribution in [2.75, 3.05) is 32.8 Å². The van der Waals surface area contributed by atoms with Crippen LogP contribution >= 0.6 is 0 Å². The number of hydrogen-bond donors (Lipinski definition) is 1. The average molecular weight is 240 g/mol. The van der Waals surface area contributed by atoms with E-state index in [2.05, 4.69) is 44.5 Å². The van der Waals surface area contributed by atoms with Gasteiger partial charge >= 0.3 is 0 Å². The summed E-state index contributed by atoms with van der Waals surface area (Å²) in [7, 11) is 0. The quantitative estimate of drug-likeness (QED) is 0.719. The van der Waals surface area contributed by atoms with Gasteiger partial charge in [-0.1, -0.05) is 12.5 Å². The lowest BCUT2D eigenvalue weighted by molar-refractivity contribution is -0.0230. The molecule has 100 valence electrons. The van der Waals surface area contributed by atoms with Crippen LogP contribution in [-0.4, -0.2) is 49.3 Å². The molecule has 0 aromatic carbocycles. The minimum Gasteiger partial charge on any atom is -0.379 e. The van der Waals surface area contributed by atoms with Gasteiger partial charge in [0.2, 0.25) is 0 Å². The monoisotopic (exact) mass is 240 g/mol. The molecule has 1 fully saturated rings. The highest BCUT2D eigenvalue weighted by Gasteiger charge is 2.35.